The molecule has 2 fully saturated rings. The van der Waals surface area contributed by atoms with Crippen molar-refractivity contribution in [2.45, 2.75) is 37.4 Å². The third kappa shape index (κ3) is 5.21. The molecule has 0 amide bonds. The number of aromatic nitrogens is 3. The van der Waals surface area contributed by atoms with E-state index in [2.05, 4.69) is 25.3 Å². The van der Waals surface area contributed by atoms with Gasteiger partial charge in [-0.15, -0.1) is 0 Å². The summed E-state index contributed by atoms with van der Waals surface area (Å²) in [6, 6.07) is 10.3. The van der Waals surface area contributed by atoms with E-state index in [-0.39, 0.29) is 11.2 Å². The van der Waals surface area contributed by atoms with Crippen LogP contribution < -0.4 is 10.2 Å². The Bertz CT molecular complexity index is 1160. The van der Waals surface area contributed by atoms with Crippen molar-refractivity contribution >= 4 is 17.4 Å². The van der Waals surface area contributed by atoms with Crippen LogP contribution in [-0.4, -0.2) is 59.3 Å². The van der Waals surface area contributed by atoms with Crippen molar-refractivity contribution in [3.63, 3.8) is 0 Å². The molecule has 0 bridgehead atoms. The van der Waals surface area contributed by atoms with E-state index < -0.39 is 11.7 Å². The van der Waals surface area contributed by atoms with E-state index >= 15 is 0 Å². The quantitative estimate of drug-likeness (QED) is 0.438. The van der Waals surface area contributed by atoms with Gasteiger partial charge in [0, 0.05) is 50.5 Å². The molecule has 11 heteroatoms. The van der Waals surface area contributed by atoms with Gasteiger partial charge in [0.2, 0.25) is 5.89 Å². The zero-order valence-electron chi connectivity index (χ0n) is 19.8. The van der Waals surface area contributed by atoms with Gasteiger partial charge < -0.3 is 14.7 Å². The zero-order chi connectivity index (χ0) is 25.2. The summed E-state index contributed by atoms with van der Waals surface area (Å²) in [6.45, 7) is 4.29. The molecule has 1 aliphatic heterocycles. The normalized spacial score (nSPS) is 18.3. The van der Waals surface area contributed by atoms with Gasteiger partial charge in [-0.25, -0.2) is 4.98 Å². The lowest BCUT2D eigenvalue weighted by Gasteiger charge is -2.39. The summed E-state index contributed by atoms with van der Waals surface area (Å²) in [7, 11) is 0. The van der Waals surface area contributed by atoms with E-state index in [0.29, 0.717) is 50.2 Å². The molecule has 3 heterocycles. The molecular formula is C25H28ClF3N6O. The minimum Gasteiger partial charge on any atom is -0.354 e. The first-order valence-electron chi connectivity index (χ1n) is 12.1. The molecule has 1 aromatic carbocycles. The predicted molar refractivity (Wildman–Crippen MR) is 130 cm³/mol. The molecule has 0 radical (unpaired) electrons. The lowest BCUT2D eigenvalue weighted by Crippen LogP contribution is -2.48. The summed E-state index contributed by atoms with van der Waals surface area (Å²) in [6.07, 6.45) is 0.0836. The summed E-state index contributed by atoms with van der Waals surface area (Å²) in [5, 5.41) is 8.32. The second kappa shape index (κ2) is 10.4. The third-order valence-corrected chi connectivity index (χ3v) is 7.40. The highest BCUT2D eigenvalue weighted by Gasteiger charge is 2.44. The van der Waals surface area contributed by atoms with Crippen molar-refractivity contribution in [1.82, 2.24) is 25.3 Å². The van der Waals surface area contributed by atoms with Crippen LogP contribution in [0, 0.1) is 0 Å². The number of alkyl halides is 3. The van der Waals surface area contributed by atoms with Gasteiger partial charge in [0.1, 0.15) is 5.82 Å². The molecule has 3 aromatic rings. The second-order valence-electron chi connectivity index (χ2n) is 9.33. The lowest BCUT2D eigenvalue weighted by molar-refractivity contribution is -0.137. The van der Waals surface area contributed by atoms with Gasteiger partial charge in [0.05, 0.1) is 17.5 Å². The molecule has 7 nitrogen and oxygen atoms in total. The Morgan fingerprint density at radius 3 is 2.47 bits per heavy atom. The van der Waals surface area contributed by atoms with Gasteiger partial charge in [-0.1, -0.05) is 35.3 Å². The zero-order valence-corrected chi connectivity index (χ0v) is 20.5. The largest absolute Gasteiger partial charge is 0.419 e. The highest BCUT2D eigenvalue weighted by molar-refractivity contribution is 6.30. The van der Waals surface area contributed by atoms with E-state index in [0.717, 1.165) is 43.3 Å². The average Bonchev–Trinajstić information content (AvgIpc) is 3.31. The van der Waals surface area contributed by atoms with E-state index in [1.165, 1.54) is 12.3 Å². The van der Waals surface area contributed by atoms with Gasteiger partial charge in [-0.2, -0.15) is 18.2 Å². The molecule has 1 aliphatic carbocycles. The standard InChI is InChI=1S/C25H28ClF3N6O/c26-19-6-4-18(5-7-19)24(8-2-9-24)23-32-21(36-33-23)17-30-11-12-34-13-15-35(16-14-34)22-20(25(27,28)29)3-1-10-31-22/h1,3-7,10,30H,2,8-9,11-17H2. The van der Waals surface area contributed by atoms with E-state index in [1.807, 2.05) is 24.3 Å². The fraction of sp³-hybridized carbons (Fsp3) is 0.480. The van der Waals surface area contributed by atoms with Crippen LogP contribution in [0.2, 0.25) is 5.02 Å². The molecule has 5 rings (SSSR count). The van der Waals surface area contributed by atoms with Gasteiger partial charge in [0.25, 0.3) is 0 Å². The number of hydrogen-bond acceptors (Lipinski definition) is 7. The van der Waals surface area contributed by atoms with Gasteiger partial charge in [-0.05, 0) is 42.7 Å². The molecule has 1 N–H and O–H groups in total. The number of nitrogens with one attached hydrogen (secondary N) is 1. The first-order chi connectivity index (χ1) is 17.3. The maximum absolute atomic E-state index is 13.3. The number of rotatable bonds is 8. The van der Waals surface area contributed by atoms with Crippen LogP contribution >= 0.6 is 11.6 Å². The Morgan fingerprint density at radius 2 is 1.81 bits per heavy atom. The maximum atomic E-state index is 13.3. The molecule has 192 valence electrons. The van der Waals surface area contributed by atoms with Crippen LogP contribution in [0.5, 0.6) is 0 Å². The smallest absolute Gasteiger partial charge is 0.354 e. The highest BCUT2D eigenvalue weighted by Crippen LogP contribution is 2.47. The topological polar surface area (TPSA) is 70.3 Å². The Morgan fingerprint density at radius 1 is 1.06 bits per heavy atom. The molecule has 0 atom stereocenters. The lowest BCUT2D eigenvalue weighted by atomic mass is 9.64. The third-order valence-electron chi connectivity index (χ3n) is 7.14. The van der Waals surface area contributed by atoms with Crippen LogP contribution in [0.1, 0.15) is 42.1 Å². The molecule has 1 saturated carbocycles. The van der Waals surface area contributed by atoms with Crippen LogP contribution in [0.15, 0.2) is 47.1 Å². The first kappa shape index (κ1) is 25.0. The van der Waals surface area contributed by atoms with Crippen LogP contribution in [0.3, 0.4) is 0 Å². The van der Waals surface area contributed by atoms with E-state index in [4.69, 9.17) is 16.1 Å². The summed E-state index contributed by atoms with van der Waals surface area (Å²) >= 11 is 6.05. The molecule has 2 aromatic heterocycles. The highest BCUT2D eigenvalue weighted by atomic mass is 35.5. The molecule has 36 heavy (non-hydrogen) atoms. The predicted octanol–water partition coefficient (Wildman–Crippen LogP) is 4.52. The minimum atomic E-state index is -4.41. The van der Waals surface area contributed by atoms with Gasteiger partial charge in [-0.3, -0.25) is 4.90 Å². The Labute approximate surface area is 212 Å². The monoisotopic (exact) mass is 520 g/mol. The van der Waals surface area contributed by atoms with Crippen LogP contribution in [0.4, 0.5) is 19.0 Å². The number of nitrogens with zero attached hydrogens (tertiary/aromatic N) is 5. The van der Waals surface area contributed by atoms with Crippen LogP contribution in [0.25, 0.3) is 0 Å². The van der Waals surface area contributed by atoms with Crippen molar-refractivity contribution in [2.75, 3.05) is 44.2 Å². The Balaban J connectivity index is 1.09. The summed E-state index contributed by atoms with van der Waals surface area (Å²) in [5.41, 5.74) is 0.274. The van der Waals surface area contributed by atoms with Crippen molar-refractivity contribution in [2.24, 2.45) is 0 Å². The number of halogens is 4. The van der Waals surface area contributed by atoms with Gasteiger partial charge in [0.15, 0.2) is 5.82 Å². The van der Waals surface area contributed by atoms with Crippen molar-refractivity contribution in [3.05, 3.63) is 70.5 Å². The maximum Gasteiger partial charge on any atom is 0.419 e. The first-order valence-corrected chi connectivity index (χ1v) is 12.5. The molecule has 0 spiro atoms. The summed E-state index contributed by atoms with van der Waals surface area (Å²) in [4.78, 5) is 12.6. The van der Waals surface area contributed by atoms with Crippen LogP contribution in [-0.2, 0) is 18.1 Å². The van der Waals surface area contributed by atoms with Crippen molar-refractivity contribution < 1.29 is 17.7 Å². The second-order valence-corrected chi connectivity index (χ2v) is 9.77. The Kier molecular flexibility index (Phi) is 7.18. The Hall–Kier alpha value is -2.69. The molecular weight excluding hydrogens is 493 g/mol. The average molecular weight is 521 g/mol. The summed E-state index contributed by atoms with van der Waals surface area (Å²) in [5.74, 6) is 1.28. The summed E-state index contributed by atoms with van der Waals surface area (Å²) < 4.78 is 45.4. The van der Waals surface area contributed by atoms with E-state index in [1.54, 1.807) is 4.90 Å². The van der Waals surface area contributed by atoms with Crippen molar-refractivity contribution in [1.29, 1.82) is 0 Å². The molecule has 2 aliphatic rings. The number of anilines is 1. The van der Waals surface area contributed by atoms with Gasteiger partial charge >= 0.3 is 6.18 Å². The number of hydrogen-bond donors (Lipinski definition) is 1. The van der Waals surface area contributed by atoms with Crippen molar-refractivity contribution in [3.8, 4) is 0 Å². The number of piperazine rings is 1. The number of benzene rings is 1. The minimum absolute atomic E-state index is 0.0119. The fourth-order valence-electron chi connectivity index (χ4n) is 4.95. The molecule has 0 unspecified atom stereocenters. The number of pyridine rings is 1. The molecule has 1 saturated heterocycles. The fourth-order valence-corrected chi connectivity index (χ4v) is 5.07. The SMILES string of the molecule is FC(F)(F)c1cccnc1N1CCN(CCNCc2nc(C3(c4ccc(Cl)cc4)CCC3)no2)CC1. The van der Waals surface area contributed by atoms with E-state index in [9.17, 15) is 13.2 Å².